The molecule has 0 radical (unpaired) electrons. The van der Waals surface area contributed by atoms with Crippen molar-refractivity contribution in [1.82, 2.24) is 15.1 Å². The van der Waals surface area contributed by atoms with Crippen LogP contribution < -0.4 is 10.1 Å². The Hall–Kier alpha value is -2.74. The lowest BCUT2D eigenvalue weighted by Gasteiger charge is -2.07. The fourth-order valence-electron chi connectivity index (χ4n) is 2.65. The molecule has 0 saturated carbocycles. The molecule has 1 aromatic heterocycles. The van der Waals surface area contributed by atoms with Gasteiger partial charge in [-0.25, -0.2) is 0 Å². The Morgan fingerprint density at radius 2 is 2.07 bits per heavy atom. The van der Waals surface area contributed by atoms with Gasteiger partial charge in [0.2, 0.25) is 0 Å². The maximum absolute atomic E-state index is 12.4. The fraction of sp³-hybridized carbons (Fsp3) is 0.455. The highest BCUT2D eigenvalue weighted by molar-refractivity contribution is 5.92. The van der Waals surface area contributed by atoms with Crippen molar-refractivity contribution >= 4 is 5.91 Å². The molecular formula is C22H29N3O2. The van der Waals surface area contributed by atoms with Crippen LogP contribution in [0.3, 0.4) is 0 Å². The topological polar surface area (TPSA) is 56.1 Å². The number of hydrogen-bond donors (Lipinski definition) is 1. The predicted octanol–water partition coefficient (Wildman–Crippen LogP) is 3.88. The average molecular weight is 367 g/mol. The molecule has 0 fully saturated rings. The first-order valence-corrected chi connectivity index (χ1v) is 9.62. The van der Waals surface area contributed by atoms with Gasteiger partial charge in [0.1, 0.15) is 18.1 Å². The molecule has 144 valence electrons. The number of carbonyl (C=O) groups excluding carboxylic acids is 1. The van der Waals surface area contributed by atoms with Crippen LogP contribution in [0.4, 0.5) is 0 Å². The van der Waals surface area contributed by atoms with E-state index in [-0.39, 0.29) is 5.91 Å². The normalized spacial score (nSPS) is 10.2. The number of hydrogen-bond acceptors (Lipinski definition) is 3. The van der Waals surface area contributed by atoms with E-state index in [2.05, 4.69) is 29.2 Å². The summed E-state index contributed by atoms with van der Waals surface area (Å²) in [7, 11) is 1.78. The van der Waals surface area contributed by atoms with Crippen molar-refractivity contribution in [3.8, 4) is 17.6 Å². The molecule has 0 spiro atoms. The van der Waals surface area contributed by atoms with Crippen molar-refractivity contribution in [1.29, 1.82) is 0 Å². The summed E-state index contributed by atoms with van der Waals surface area (Å²) in [6, 6.07) is 9.54. The largest absolute Gasteiger partial charge is 0.481 e. The van der Waals surface area contributed by atoms with Crippen molar-refractivity contribution in [2.45, 2.75) is 52.5 Å². The number of ether oxygens (including phenoxy) is 1. The van der Waals surface area contributed by atoms with E-state index in [0.717, 1.165) is 36.3 Å². The molecule has 0 aliphatic rings. The van der Waals surface area contributed by atoms with Crippen LogP contribution in [0.25, 0.3) is 0 Å². The SMILES string of the molecule is CCCCCC#CCOc1cccc(CNC(=O)c2cc(CC)nn2C)c1. The van der Waals surface area contributed by atoms with Gasteiger partial charge in [0, 0.05) is 20.0 Å². The third-order valence-corrected chi connectivity index (χ3v) is 4.22. The van der Waals surface area contributed by atoms with E-state index < -0.39 is 0 Å². The molecule has 1 amide bonds. The van der Waals surface area contributed by atoms with Gasteiger partial charge >= 0.3 is 0 Å². The monoisotopic (exact) mass is 367 g/mol. The Kier molecular flexibility index (Phi) is 8.44. The lowest BCUT2D eigenvalue weighted by molar-refractivity contribution is 0.0941. The Bertz CT molecular complexity index is 799. The number of nitrogens with one attached hydrogen (secondary N) is 1. The van der Waals surface area contributed by atoms with Gasteiger partial charge in [-0.2, -0.15) is 5.10 Å². The van der Waals surface area contributed by atoms with Crippen LogP contribution >= 0.6 is 0 Å². The average Bonchev–Trinajstić information content (AvgIpc) is 3.07. The minimum absolute atomic E-state index is 0.131. The number of nitrogens with zero attached hydrogens (tertiary/aromatic N) is 2. The van der Waals surface area contributed by atoms with Crippen LogP contribution in [0.5, 0.6) is 5.75 Å². The van der Waals surface area contributed by atoms with Crippen LogP contribution in [0.2, 0.25) is 0 Å². The quantitative estimate of drug-likeness (QED) is 0.541. The Labute approximate surface area is 162 Å². The van der Waals surface area contributed by atoms with Crippen LogP contribution in [0, 0.1) is 11.8 Å². The summed E-state index contributed by atoms with van der Waals surface area (Å²) in [4.78, 5) is 12.4. The standard InChI is InChI=1S/C22H29N3O2/c1-4-6-7-8-9-10-14-27-20-13-11-12-18(15-20)17-23-22(26)21-16-19(5-2)24-25(21)3/h11-13,15-16H,4-8,14,17H2,1-3H3,(H,23,26). The zero-order valence-electron chi connectivity index (χ0n) is 16.5. The smallest absolute Gasteiger partial charge is 0.269 e. The highest BCUT2D eigenvalue weighted by Crippen LogP contribution is 2.13. The van der Waals surface area contributed by atoms with Crippen LogP contribution in [-0.4, -0.2) is 22.3 Å². The predicted molar refractivity (Wildman–Crippen MR) is 108 cm³/mol. The van der Waals surface area contributed by atoms with Crippen molar-refractivity contribution in [3.63, 3.8) is 0 Å². The van der Waals surface area contributed by atoms with Gasteiger partial charge < -0.3 is 10.1 Å². The van der Waals surface area contributed by atoms with Crippen molar-refractivity contribution in [2.24, 2.45) is 7.05 Å². The first-order chi connectivity index (χ1) is 13.1. The zero-order chi connectivity index (χ0) is 19.5. The minimum Gasteiger partial charge on any atom is -0.481 e. The maximum Gasteiger partial charge on any atom is 0.269 e. The number of carbonyl (C=O) groups is 1. The molecule has 0 unspecified atom stereocenters. The summed E-state index contributed by atoms with van der Waals surface area (Å²) in [6.07, 6.45) is 5.32. The molecule has 0 aliphatic heterocycles. The van der Waals surface area contributed by atoms with Crippen molar-refractivity contribution in [2.75, 3.05) is 6.61 Å². The first-order valence-electron chi connectivity index (χ1n) is 9.62. The van der Waals surface area contributed by atoms with E-state index in [1.54, 1.807) is 11.7 Å². The van der Waals surface area contributed by atoms with Crippen LogP contribution in [-0.2, 0) is 20.0 Å². The van der Waals surface area contributed by atoms with Crippen LogP contribution in [0.1, 0.15) is 61.3 Å². The number of aryl methyl sites for hydroxylation is 2. The molecule has 5 nitrogen and oxygen atoms in total. The second kappa shape index (κ2) is 11.1. The first kappa shape index (κ1) is 20.6. The number of benzene rings is 1. The highest BCUT2D eigenvalue weighted by Gasteiger charge is 2.12. The van der Waals surface area contributed by atoms with E-state index in [4.69, 9.17) is 4.74 Å². The van der Waals surface area contributed by atoms with Gasteiger partial charge in [-0.3, -0.25) is 9.48 Å². The Morgan fingerprint density at radius 1 is 1.22 bits per heavy atom. The van der Waals surface area contributed by atoms with Gasteiger partial charge in [-0.1, -0.05) is 50.7 Å². The molecule has 0 saturated heterocycles. The molecule has 5 heteroatoms. The summed E-state index contributed by atoms with van der Waals surface area (Å²) < 4.78 is 7.30. The molecule has 2 aromatic rings. The summed E-state index contributed by atoms with van der Waals surface area (Å²) in [5, 5.41) is 7.24. The molecule has 1 N–H and O–H groups in total. The third-order valence-electron chi connectivity index (χ3n) is 4.22. The third kappa shape index (κ3) is 6.82. The van der Waals surface area contributed by atoms with Gasteiger partial charge in [-0.15, -0.1) is 0 Å². The second-order valence-corrected chi connectivity index (χ2v) is 6.43. The lowest BCUT2D eigenvalue weighted by atomic mass is 10.2. The Balaban J connectivity index is 1.82. The Morgan fingerprint density at radius 3 is 2.81 bits per heavy atom. The van der Waals surface area contributed by atoms with E-state index in [1.807, 2.05) is 37.3 Å². The summed E-state index contributed by atoms with van der Waals surface area (Å²) in [5.74, 6) is 6.81. The van der Waals surface area contributed by atoms with E-state index in [1.165, 1.54) is 12.8 Å². The molecule has 1 aromatic carbocycles. The minimum atomic E-state index is -0.131. The van der Waals surface area contributed by atoms with E-state index in [9.17, 15) is 4.79 Å². The number of amides is 1. The summed E-state index contributed by atoms with van der Waals surface area (Å²) in [5.41, 5.74) is 2.46. The van der Waals surface area contributed by atoms with E-state index in [0.29, 0.717) is 18.8 Å². The number of unbranched alkanes of at least 4 members (excludes halogenated alkanes) is 3. The number of aromatic nitrogens is 2. The van der Waals surface area contributed by atoms with E-state index >= 15 is 0 Å². The zero-order valence-corrected chi connectivity index (χ0v) is 16.5. The van der Waals surface area contributed by atoms with Crippen molar-refractivity contribution in [3.05, 3.63) is 47.3 Å². The maximum atomic E-state index is 12.4. The lowest BCUT2D eigenvalue weighted by Crippen LogP contribution is -2.25. The second-order valence-electron chi connectivity index (χ2n) is 6.43. The summed E-state index contributed by atoms with van der Waals surface area (Å²) in [6.45, 7) is 5.03. The number of rotatable bonds is 9. The van der Waals surface area contributed by atoms with Gasteiger partial charge in [-0.05, 0) is 36.6 Å². The van der Waals surface area contributed by atoms with Gasteiger partial charge in [0.15, 0.2) is 0 Å². The molecule has 27 heavy (non-hydrogen) atoms. The van der Waals surface area contributed by atoms with Crippen LogP contribution in [0.15, 0.2) is 30.3 Å². The molecule has 2 rings (SSSR count). The molecule has 0 atom stereocenters. The molecule has 1 heterocycles. The summed E-state index contributed by atoms with van der Waals surface area (Å²) >= 11 is 0. The fourth-order valence-corrected chi connectivity index (χ4v) is 2.65. The molecule has 0 aliphatic carbocycles. The van der Waals surface area contributed by atoms with Gasteiger partial charge in [0.05, 0.1) is 5.69 Å². The molecular weight excluding hydrogens is 338 g/mol. The van der Waals surface area contributed by atoms with Gasteiger partial charge in [0.25, 0.3) is 5.91 Å². The highest BCUT2D eigenvalue weighted by atomic mass is 16.5. The molecule has 0 bridgehead atoms. The van der Waals surface area contributed by atoms with Crippen molar-refractivity contribution < 1.29 is 9.53 Å².